The molecule has 4 heterocycles. The highest BCUT2D eigenvalue weighted by Gasteiger charge is 2.21. The number of nitrogens with two attached hydrogens (primary N) is 2. The summed E-state index contributed by atoms with van der Waals surface area (Å²) in [7, 11) is 0. The van der Waals surface area contributed by atoms with Crippen molar-refractivity contribution in [1.29, 1.82) is 0 Å². The molecule has 188 valence electrons. The zero-order valence-corrected chi connectivity index (χ0v) is 20.7. The third-order valence-corrected chi connectivity index (χ3v) is 6.62. The van der Waals surface area contributed by atoms with Gasteiger partial charge in [-0.2, -0.15) is 5.10 Å². The molecule has 6 rings (SSSR count). The SMILES string of the molecule is Cc1ccccc1-n1c(Cn2nc(-c3cc(N)cc(F)c3)c3c(N)ncnc32)cc2nccc(C)c2c1=O. The van der Waals surface area contributed by atoms with Gasteiger partial charge in [0, 0.05) is 17.4 Å². The average Bonchev–Trinajstić information content (AvgIpc) is 3.24. The van der Waals surface area contributed by atoms with Crippen LogP contribution in [-0.2, 0) is 6.54 Å². The highest BCUT2D eigenvalue weighted by atomic mass is 19.1. The van der Waals surface area contributed by atoms with Crippen molar-refractivity contribution in [2.75, 3.05) is 11.5 Å². The Balaban J connectivity index is 1.63. The van der Waals surface area contributed by atoms with Gasteiger partial charge in [-0.05, 0) is 61.4 Å². The van der Waals surface area contributed by atoms with Gasteiger partial charge in [0.05, 0.1) is 34.2 Å². The minimum atomic E-state index is -0.498. The van der Waals surface area contributed by atoms with Crippen molar-refractivity contribution in [2.24, 2.45) is 0 Å². The largest absolute Gasteiger partial charge is 0.399 e. The van der Waals surface area contributed by atoms with Crippen LogP contribution in [0.1, 0.15) is 16.8 Å². The summed E-state index contributed by atoms with van der Waals surface area (Å²) in [5.41, 5.74) is 17.2. The third-order valence-electron chi connectivity index (χ3n) is 6.62. The van der Waals surface area contributed by atoms with Gasteiger partial charge in [-0.1, -0.05) is 18.2 Å². The number of aryl methyl sites for hydroxylation is 2. The standard InChI is InChI=1S/C28H23FN8O/c1-15-5-3-4-6-22(15)37-20(12-21-23(28(37)38)16(2)7-8-32-21)13-36-27-24(26(31)33-14-34-27)25(35-36)17-9-18(29)11-19(30)10-17/h3-12,14H,13,30H2,1-2H3,(H2,31,33,34). The van der Waals surface area contributed by atoms with Crippen molar-refractivity contribution in [3.05, 3.63) is 100 Å². The van der Waals surface area contributed by atoms with E-state index in [2.05, 4.69) is 15.0 Å². The number of benzene rings is 2. The number of nitrogens with zero attached hydrogens (tertiary/aromatic N) is 6. The molecule has 2 aromatic carbocycles. The summed E-state index contributed by atoms with van der Waals surface area (Å²) in [6.45, 7) is 4.01. The predicted molar refractivity (Wildman–Crippen MR) is 145 cm³/mol. The normalized spacial score (nSPS) is 11.4. The summed E-state index contributed by atoms with van der Waals surface area (Å²) in [5, 5.41) is 5.78. The quantitative estimate of drug-likeness (QED) is 0.343. The van der Waals surface area contributed by atoms with Crippen molar-refractivity contribution in [3.63, 3.8) is 0 Å². The maximum Gasteiger partial charge on any atom is 0.265 e. The van der Waals surface area contributed by atoms with Crippen LogP contribution < -0.4 is 17.0 Å². The molecule has 0 unspecified atom stereocenters. The molecule has 0 aliphatic rings. The van der Waals surface area contributed by atoms with Gasteiger partial charge >= 0.3 is 0 Å². The smallest absolute Gasteiger partial charge is 0.265 e. The topological polar surface area (TPSA) is 131 Å². The van der Waals surface area contributed by atoms with Crippen molar-refractivity contribution >= 4 is 33.4 Å². The number of rotatable bonds is 4. The van der Waals surface area contributed by atoms with Crippen LogP contribution in [0.3, 0.4) is 0 Å². The maximum absolute atomic E-state index is 14.2. The van der Waals surface area contributed by atoms with Gasteiger partial charge < -0.3 is 11.5 Å². The highest BCUT2D eigenvalue weighted by Crippen LogP contribution is 2.32. The molecule has 0 aliphatic heterocycles. The van der Waals surface area contributed by atoms with Gasteiger partial charge in [0.15, 0.2) is 5.65 Å². The Bertz CT molecular complexity index is 1920. The Labute approximate surface area is 216 Å². The molecule has 0 bridgehead atoms. The van der Waals surface area contributed by atoms with Gasteiger partial charge in [-0.3, -0.25) is 14.3 Å². The second-order valence-electron chi connectivity index (χ2n) is 9.19. The van der Waals surface area contributed by atoms with Crippen LogP contribution in [0.2, 0.25) is 0 Å². The fraction of sp³-hybridized carbons (Fsp3) is 0.107. The molecule has 0 spiro atoms. The van der Waals surface area contributed by atoms with E-state index in [1.807, 2.05) is 50.2 Å². The molecule has 0 amide bonds. The highest BCUT2D eigenvalue weighted by molar-refractivity contribution is 5.98. The zero-order chi connectivity index (χ0) is 26.6. The molecule has 4 aromatic heterocycles. The lowest BCUT2D eigenvalue weighted by Gasteiger charge is -2.17. The van der Waals surface area contributed by atoms with E-state index in [-0.39, 0.29) is 23.6 Å². The number of para-hydroxylation sites is 1. The van der Waals surface area contributed by atoms with Gasteiger partial charge in [0.25, 0.3) is 5.56 Å². The number of nitrogen functional groups attached to an aromatic ring is 2. The number of aromatic nitrogens is 6. The molecule has 0 fully saturated rings. The van der Waals surface area contributed by atoms with Crippen LogP contribution in [0, 0.1) is 19.7 Å². The Kier molecular flexibility index (Phi) is 5.37. The summed E-state index contributed by atoms with van der Waals surface area (Å²) in [6.07, 6.45) is 3.03. The third kappa shape index (κ3) is 3.74. The van der Waals surface area contributed by atoms with Gasteiger partial charge in [-0.15, -0.1) is 0 Å². The molecular formula is C28H23FN8O. The minimum Gasteiger partial charge on any atom is -0.399 e. The molecule has 0 aliphatic carbocycles. The number of hydrogen-bond donors (Lipinski definition) is 2. The lowest BCUT2D eigenvalue weighted by atomic mass is 10.1. The number of fused-ring (bicyclic) bond motifs is 2. The fourth-order valence-electron chi connectivity index (χ4n) is 4.87. The van der Waals surface area contributed by atoms with Crippen molar-refractivity contribution in [2.45, 2.75) is 20.4 Å². The van der Waals surface area contributed by atoms with Crippen LogP contribution in [0.4, 0.5) is 15.9 Å². The molecule has 0 saturated carbocycles. The van der Waals surface area contributed by atoms with E-state index in [1.165, 1.54) is 18.5 Å². The number of halogens is 1. The summed E-state index contributed by atoms with van der Waals surface area (Å²) in [6, 6.07) is 15.6. The van der Waals surface area contributed by atoms with E-state index in [4.69, 9.17) is 16.6 Å². The molecule has 9 nitrogen and oxygen atoms in total. The first-order valence-electron chi connectivity index (χ1n) is 11.9. The maximum atomic E-state index is 14.2. The van der Waals surface area contributed by atoms with E-state index in [1.54, 1.807) is 21.5 Å². The Hall–Kier alpha value is -5.12. The van der Waals surface area contributed by atoms with Gasteiger partial charge in [0.2, 0.25) is 0 Å². The molecule has 0 radical (unpaired) electrons. The Morgan fingerprint density at radius 2 is 1.74 bits per heavy atom. The second-order valence-corrected chi connectivity index (χ2v) is 9.19. The molecule has 6 aromatic rings. The number of hydrogen-bond acceptors (Lipinski definition) is 7. The monoisotopic (exact) mass is 506 g/mol. The molecular weight excluding hydrogens is 483 g/mol. The molecule has 10 heteroatoms. The van der Waals surface area contributed by atoms with E-state index in [0.29, 0.717) is 38.9 Å². The molecule has 0 saturated heterocycles. The van der Waals surface area contributed by atoms with Crippen LogP contribution in [-0.4, -0.2) is 29.3 Å². The first-order chi connectivity index (χ1) is 18.3. The minimum absolute atomic E-state index is 0.160. The zero-order valence-electron chi connectivity index (χ0n) is 20.7. The van der Waals surface area contributed by atoms with Crippen LogP contribution in [0.5, 0.6) is 0 Å². The fourth-order valence-corrected chi connectivity index (χ4v) is 4.87. The first-order valence-corrected chi connectivity index (χ1v) is 11.9. The predicted octanol–water partition coefficient (Wildman–Crippen LogP) is 4.16. The number of pyridine rings is 2. The molecule has 38 heavy (non-hydrogen) atoms. The number of anilines is 2. The average molecular weight is 507 g/mol. The van der Waals surface area contributed by atoms with E-state index in [9.17, 15) is 9.18 Å². The van der Waals surface area contributed by atoms with E-state index in [0.717, 1.165) is 16.8 Å². The van der Waals surface area contributed by atoms with Crippen molar-refractivity contribution in [1.82, 2.24) is 29.3 Å². The summed E-state index contributed by atoms with van der Waals surface area (Å²) < 4.78 is 17.6. The second kappa shape index (κ2) is 8.77. The van der Waals surface area contributed by atoms with Crippen LogP contribution >= 0.6 is 0 Å². The van der Waals surface area contributed by atoms with E-state index < -0.39 is 5.82 Å². The Morgan fingerprint density at radius 1 is 0.921 bits per heavy atom. The van der Waals surface area contributed by atoms with Gasteiger partial charge in [-0.25, -0.2) is 19.0 Å². The summed E-state index contributed by atoms with van der Waals surface area (Å²) >= 11 is 0. The van der Waals surface area contributed by atoms with Gasteiger partial charge in [0.1, 0.15) is 23.7 Å². The Morgan fingerprint density at radius 3 is 2.53 bits per heavy atom. The van der Waals surface area contributed by atoms with Crippen molar-refractivity contribution < 1.29 is 4.39 Å². The summed E-state index contributed by atoms with van der Waals surface area (Å²) in [5.74, 6) is -0.298. The van der Waals surface area contributed by atoms with Crippen LogP contribution in [0.15, 0.2) is 71.9 Å². The lowest BCUT2D eigenvalue weighted by molar-refractivity contribution is 0.628. The first kappa shape index (κ1) is 23.3. The molecule has 0 atom stereocenters. The molecule has 4 N–H and O–H groups in total. The summed E-state index contributed by atoms with van der Waals surface area (Å²) in [4.78, 5) is 26.9. The van der Waals surface area contributed by atoms with E-state index >= 15 is 0 Å². The lowest BCUT2D eigenvalue weighted by Crippen LogP contribution is -2.25. The van der Waals surface area contributed by atoms with Crippen LogP contribution in [0.25, 0.3) is 38.9 Å². The van der Waals surface area contributed by atoms with Crippen molar-refractivity contribution in [3.8, 4) is 16.9 Å².